The van der Waals surface area contributed by atoms with Crippen LogP contribution in [0.3, 0.4) is 0 Å². The van der Waals surface area contributed by atoms with E-state index in [1.54, 1.807) is 6.92 Å². The minimum absolute atomic E-state index is 0.524. The van der Waals surface area contributed by atoms with Crippen molar-refractivity contribution in [2.45, 2.75) is 26.1 Å². The molecule has 6 heteroatoms. The highest BCUT2D eigenvalue weighted by Gasteiger charge is 2.21. The fraction of sp³-hybridized carbons (Fsp3) is 0.500. The first kappa shape index (κ1) is 10.9. The topological polar surface area (TPSA) is 85.4 Å². The lowest BCUT2D eigenvalue weighted by molar-refractivity contribution is 0.0156. The number of amides is 1. The highest BCUT2D eigenvalue weighted by atomic mass is 32.1. The second-order valence-corrected chi connectivity index (χ2v) is 3.80. The Morgan fingerprint density at radius 2 is 2.43 bits per heavy atom. The van der Waals surface area contributed by atoms with Gasteiger partial charge in [0, 0.05) is 11.1 Å². The minimum atomic E-state index is -0.916. The molecule has 0 saturated heterocycles. The van der Waals surface area contributed by atoms with Gasteiger partial charge in [-0.2, -0.15) is 0 Å². The number of aliphatic hydroxyl groups is 1. The monoisotopic (exact) mass is 216 g/mol. The van der Waals surface area contributed by atoms with Gasteiger partial charge in [-0.25, -0.2) is 9.78 Å². The highest BCUT2D eigenvalue weighted by molar-refractivity contribution is 7.09. The number of ether oxygens (including phenoxy) is 1. The number of carbonyl (C=O) groups excluding carboxylic acids is 1. The van der Waals surface area contributed by atoms with Crippen molar-refractivity contribution in [2.24, 2.45) is 5.73 Å². The van der Waals surface area contributed by atoms with Gasteiger partial charge in [-0.15, -0.1) is 11.3 Å². The van der Waals surface area contributed by atoms with Crippen LogP contribution in [0.4, 0.5) is 4.79 Å². The van der Waals surface area contributed by atoms with Crippen molar-refractivity contribution in [3.63, 3.8) is 0 Å². The number of aromatic nitrogens is 1. The number of nitrogens with zero attached hydrogens (tertiary/aromatic N) is 1. The van der Waals surface area contributed by atoms with E-state index in [2.05, 4.69) is 9.72 Å². The number of primary amides is 1. The van der Waals surface area contributed by atoms with Crippen molar-refractivity contribution in [3.8, 4) is 0 Å². The number of rotatable bonds is 3. The maximum Gasteiger partial charge on any atom is 0.404 e. The molecule has 0 aliphatic heterocycles. The number of carbonyl (C=O) groups is 1. The summed E-state index contributed by atoms with van der Waals surface area (Å²) in [4.78, 5) is 14.5. The molecular formula is C8H12N2O3S. The Bertz CT molecular complexity index is 326. The Balaban J connectivity index is 2.65. The predicted molar refractivity (Wildman–Crippen MR) is 51.9 cm³/mol. The van der Waals surface area contributed by atoms with Crippen molar-refractivity contribution in [2.75, 3.05) is 0 Å². The summed E-state index contributed by atoms with van der Waals surface area (Å²) in [5.41, 5.74) is 5.65. The molecule has 0 unspecified atom stereocenters. The average Bonchev–Trinajstić information content (AvgIpc) is 2.49. The highest BCUT2D eigenvalue weighted by Crippen LogP contribution is 2.22. The van der Waals surface area contributed by atoms with Crippen molar-refractivity contribution >= 4 is 17.4 Å². The maximum atomic E-state index is 10.4. The second kappa shape index (κ2) is 4.39. The molecule has 0 fully saturated rings. The fourth-order valence-electron chi connectivity index (χ4n) is 0.956. The van der Waals surface area contributed by atoms with Crippen molar-refractivity contribution in [1.29, 1.82) is 0 Å². The van der Waals surface area contributed by atoms with E-state index < -0.39 is 18.3 Å². The molecule has 3 N–H and O–H groups in total. The molecule has 0 bridgehead atoms. The lowest BCUT2D eigenvalue weighted by Gasteiger charge is -2.15. The Hall–Kier alpha value is -1.14. The van der Waals surface area contributed by atoms with Gasteiger partial charge >= 0.3 is 6.09 Å². The van der Waals surface area contributed by atoms with E-state index in [1.165, 1.54) is 11.3 Å². The van der Waals surface area contributed by atoms with Crippen molar-refractivity contribution in [1.82, 2.24) is 4.98 Å². The Kier molecular flexibility index (Phi) is 3.43. The van der Waals surface area contributed by atoms with Crippen LogP contribution in [0.1, 0.15) is 23.7 Å². The lowest BCUT2D eigenvalue weighted by atomic mass is 10.2. The quantitative estimate of drug-likeness (QED) is 0.788. The number of thiazole rings is 1. The molecule has 0 aromatic carbocycles. The molecule has 0 spiro atoms. The molecule has 1 rings (SSSR count). The van der Waals surface area contributed by atoms with Gasteiger partial charge in [-0.05, 0) is 13.8 Å². The molecular weight excluding hydrogens is 204 g/mol. The van der Waals surface area contributed by atoms with E-state index in [0.29, 0.717) is 5.01 Å². The molecule has 78 valence electrons. The summed E-state index contributed by atoms with van der Waals surface area (Å²) in [7, 11) is 0. The molecule has 0 saturated carbocycles. The van der Waals surface area contributed by atoms with E-state index in [-0.39, 0.29) is 0 Å². The van der Waals surface area contributed by atoms with Gasteiger partial charge in [-0.3, -0.25) is 0 Å². The molecule has 1 aromatic heterocycles. The average molecular weight is 216 g/mol. The van der Waals surface area contributed by atoms with E-state index in [9.17, 15) is 9.90 Å². The first-order valence-corrected chi connectivity index (χ1v) is 4.95. The summed E-state index contributed by atoms with van der Waals surface area (Å²) < 4.78 is 4.63. The SMILES string of the molecule is Cc1csc([C@@H](O)[C@H](C)OC(N)=O)n1. The summed E-state index contributed by atoms with van der Waals surface area (Å²) in [6, 6.07) is 0. The van der Waals surface area contributed by atoms with E-state index >= 15 is 0 Å². The number of aryl methyl sites for hydroxylation is 1. The van der Waals surface area contributed by atoms with Gasteiger partial charge < -0.3 is 15.6 Å². The van der Waals surface area contributed by atoms with Gasteiger partial charge in [0.05, 0.1) is 0 Å². The summed E-state index contributed by atoms with van der Waals surface area (Å²) >= 11 is 1.32. The molecule has 0 aliphatic rings. The summed E-state index contributed by atoms with van der Waals surface area (Å²) in [5.74, 6) is 0. The molecule has 14 heavy (non-hydrogen) atoms. The largest absolute Gasteiger partial charge is 0.443 e. The van der Waals surface area contributed by atoms with Crippen LogP contribution in [0.25, 0.3) is 0 Å². The van der Waals surface area contributed by atoms with Crippen LogP contribution in [-0.2, 0) is 4.74 Å². The van der Waals surface area contributed by atoms with Gasteiger partial charge in [0.2, 0.25) is 0 Å². The van der Waals surface area contributed by atoms with E-state index in [4.69, 9.17) is 5.73 Å². The van der Waals surface area contributed by atoms with Crippen LogP contribution in [0, 0.1) is 6.92 Å². The fourth-order valence-corrected chi connectivity index (χ4v) is 1.83. The van der Waals surface area contributed by atoms with Crippen LogP contribution in [0.5, 0.6) is 0 Å². The van der Waals surface area contributed by atoms with Crippen molar-refractivity contribution < 1.29 is 14.6 Å². The smallest absolute Gasteiger partial charge is 0.404 e. The molecule has 2 atom stereocenters. The first-order valence-electron chi connectivity index (χ1n) is 4.07. The number of nitrogens with two attached hydrogens (primary N) is 1. The van der Waals surface area contributed by atoms with E-state index in [0.717, 1.165) is 5.69 Å². The Morgan fingerprint density at radius 1 is 1.79 bits per heavy atom. The summed E-state index contributed by atoms with van der Waals surface area (Å²) in [6.07, 6.45) is -2.50. The Labute approximate surface area is 85.5 Å². The van der Waals surface area contributed by atoms with Crippen LogP contribution < -0.4 is 5.73 Å². The number of hydrogen-bond donors (Lipinski definition) is 2. The van der Waals surface area contributed by atoms with Gasteiger partial charge in [-0.1, -0.05) is 0 Å². The van der Waals surface area contributed by atoms with Crippen LogP contribution >= 0.6 is 11.3 Å². The van der Waals surface area contributed by atoms with Crippen LogP contribution in [0.2, 0.25) is 0 Å². The standard InChI is InChI=1S/C8H12N2O3S/c1-4-3-14-7(10-4)6(11)5(2)13-8(9)12/h3,5-6,11H,1-2H3,(H2,9,12)/t5-,6-/m0/s1. The third-order valence-corrected chi connectivity index (χ3v) is 2.67. The second-order valence-electron chi connectivity index (χ2n) is 2.91. The van der Waals surface area contributed by atoms with Gasteiger partial charge in [0.15, 0.2) is 0 Å². The zero-order valence-electron chi connectivity index (χ0n) is 7.93. The third kappa shape index (κ3) is 2.68. The molecule has 1 aromatic rings. The summed E-state index contributed by atoms with van der Waals surface area (Å²) in [5, 5.41) is 12.0. The zero-order chi connectivity index (χ0) is 10.7. The van der Waals surface area contributed by atoms with E-state index in [1.807, 2.05) is 12.3 Å². The molecule has 1 amide bonds. The maximum absolute atomic E-state index is 10.4. The van der Waals surface area contributed by atoms with Crippen LogP contribution in [-0.4, -0.2) is 22.3 Å². The first-order chi connectivity index (χ1) is 6.50. The number of hydrogen-bond acceptors (Lipinski definition) is 5. The molecule has 0 aliphatic carbocycles. The lowest BCUT2D eigenvalue weighted by Crippen LogP contribution is -2.25. The minimum Gasteiger partial charge on any atom is -0.443 e. The number of aliphatic hydroxyl groups excluding tert-OH is 1. The Morgan fingerprint density at radius 3 is 2.86 bits per heavy atom. The van der Waals surface area contributed by atoms with Crippen LogP contribution in [0.15, 0.2) is 5.38 Å². The van der Waals surface area contributed by atoms with Gasteiger partial charge in [0.25, 0.3) is 0 Å². The normalized spacial score (nSPS) is 14.8. The predicted octanol–water partition coefficient (Wildman–Crippen LogP) is 0.969. The molecule has 0 radical (unpaired) electrons. The summed E-state index contributed by atoms with van der Waals surface area (Å²) in [6.45, 7) is 3.39. The molecule has 5 nitrogen and oxygen atoms in total. The molecule has 1 heterocycles. The third-order valence-electron chi connectivity index (χ3n) is 1.64. The van der Waals surface area contributed by atoms with Crippen molar-refractivity contribution in [3.05, 3.63) is 16.1 Å². The zero-order valence-corrected chi connectivity index (χ0v) is 8.75. The van der Waals surface area contributed by atoms with Gasteiger partial charge in [0.1, 0.15) is 17.2 Å².